The molecule has 158 valence electrons. The Morgan fingerprint density at radius 3 is 2.04 bits per heavy atom. The van der Waals surface area contributed by atoms with Crippen LogP contribution in [0.5, 0.6) is 0 Å². The lowest BCUT2D eigenvalue weighted by Gasteiger charge is -2.36. The van der Waals surface area contributed by atoms with Crippen LogP contribution in [0.4, 0.5) is 0 Å². The van der Waals surface area contributed by atoms with Gasteiger partial charge in [0.15, 0.2) is 0 Å². The molecule has 0 saturated carbocycles. The second-order valence-corrected chi connectivity index (χ2v) is 9.80. The lowest BCUT2D eigenvalue weighted by molar-refractivity contribution is -0.132. The third kappa shape index (κ3) is 4.58. The van der Waals surface area contributed by atoms with Crippen LogP contribution >= 0.6 is 0 Å². The standard InChI is InChI=1S/C19H33N5O3S/c1-16-18(17(2)21(3)20-16)8-9-19(25)22-12-14-24(15-13-22)28(26,27)23-10-6-4-5-7-11-23/h4-15H2,1-3H3. The molecule has 2 aliphatic rings. The summed E-state index contributed by atoms with van der Waals surface area (Å²) in [7, 11) is -1.49. The summed E-state index contributed by atoms with van der Waals surface area (Å²) in [6, 6.07) is 0. The van der Waals surface area contributed by atoms with Gasteiger partial charge in [0.25, 0.3) is 10.2 Å². The molecule has 0 unspecified atom stereocenters. The van der Waals surface area contributed by atoms with E-state index in [2.05, 4.69) is 5.10 Å². The number of carbonyl (C=O) groups is 1. The van der Waals surface area contributed by atoms with Crippen molar-refractivity contribution in [1.29, 1.82) is 0 Å². The molecule has 3 rings (SSSR count). The smallest absolute Gasteiger partial charge is 0.282 e. The fourth-order valence-corrected chi connectivity index (χ4v) is 5.84. The van der Waals surface area contributed by atoms with Crippen molar-refractivity contribution >= 4 is 16.1 Å². The van der Waals surface area contributed by atoms with Crippen molar-refractivity contribution in [3.63, 3.8) is 0 Å². The molecule has 0 atom stereocenters. The van der Waals surface area contributed by atoms with E-state index in [0.717, 1.165) is 42.6 Å². The number of hydrogen-bond donors (Lipinski definition) is 0. The molecule has 0 bridgehead atoms. The molecule has 9 heteroatoms. The molecule has 2 fully saturated rings. The van der Waals surface area contributed by atoms with E-state index in [4.69, 9.17) is 0 Å². The normalized spacial score (nSPS) is 20.3. The molecule has 2 saturated heterocycles. The summed E-state index contributed by atoms with van der Waals surface area (Å²) in [4.78, 5) is 14.4. The molecule has 0 radical (unpaired) electrons. The van der Waals surface area contributed by atoms with Gasteiger partial charge in [-0.15, -0.1) is 0 Å². The number of carbonyl (C=O) groups excluding carboxylic acids is 1. The van der Waals surface area contributed by atoms with Crippen molar-refractivity contribution < 1.29 is 13.2 Å². The van der Waals surface area contributed by atoms with Gasteiger partial charge in [0, 0.05) is 58.4 Å². The average molecular weight is 412 g/mol. The fraction of sp³-hybridized carbons (Fsp3) is 0.789. The van der Waals surface area contributed by atoms with Gasteiger partial charge in [-0.05, 0) is 38.7 Å². The molecule has 0 aliphatic carbocycles. The van der Waals surface area contributed by atoms with Crippen LogP contribution < -0.4 is 0 Å². The molecule has 0 spiro atoms. The van der Waals surface area contributed by atoms with Crippen LogP contribution in [0.2, 0.25) is 0 Å². The molecule has 0 aromatic carbocycles. The van der Waals surface area contributed by atoms with Crippen LogP contribution in [-0.4, -0.2) is 76.9 Å². The molecule has 0 N–H and O–H groups in total. The quantitative estimate of drug-likeness (QED) is 0.730. The fourth-order valence-electron chi connectivity index (χ4n) is 4.17. The average Bonchev–Trinajstić information content (AvgIpc) is 2.89. The largest absolute Gasteiger partial charge is 0.340 e. The minimum absolute atomic E-state index is 0.0921. The number of nitrogens with zero attached hydrogens (tertiary/aromatic N) is 5. The summed E-state index contributed by atoms with van der Waals surface area (Å²) in [6.45, 7) is 6.93. The van der Waals surface area contributed by atoms with E-state index in [1.165, 1.54) is 0 Å². The summed E-state index contributed by atoms with van der Waals surface area (Å²) in [5.74, 6) is 0.0921. The first kappa shape index (κ1) is 21.3. The monoisotopic (exact) mass is 411 g/mol. The van der Waals surface area contributed by atoms with Gasteiger partial charge in [0.05, 0.1) is 5.69 Å². The first-order valence-electron chi connectivity index (χ1n) is 10.3. The van der Waals surface area contributed by atoms with Crippen LogP contribution in [-0.2, 0) is 28.5 Å². The van der Waals surface area contributed by atoms with Crippen LogP contribution in [0.25, 0.3) is 0 Å². The highest BCUT2D eigenvalue weighted by Crippen LogP contribution is 2.19. The summed E-state index contributed by atoms with van der Waals surface area (Å²) in [5, 5.41) is 4.40. The zero-order chi connectivity index (χ0) is 20.3. The maximum absolute atomic E-state index is 12.9. The molecule has 8 nitrogen and oxygen atoms in total. The van der Waals surface area contributed by atoms with Gasteiger partial charge in [0.1, 0.15) is 0 Å². The maximum atomic E-state index is 12.9. The molecular formula is C19H33N5O3S. The summed E-state index contributed by atoms with van der Waals surface area (Å²) < 4.78 is 30.8. The second kappa shape index (κ2) is 8.92. The van der Waals surface area contributed by atoms with E-state index < -0.39 is 10.2 Å². The van der Waals surface area contributed by atoms with E-state index in [0.29, 0.717) is 52.1 Å². The molecule has 2 aliphatic heterocycles. The van der Waals surface area contributed by atoms with Crippen molar-refractivity contribution in [2.75, 3.05) is 39.3 Å². The van der Waals surface area contributed by atoms with E-state index >= 15 is 0 Å². The zero-order valence-corrected chi connectivity index (χ0v) is 18.2. The third-order valence-electron chi connectivity index (χ3n) is 6.06. The number of amides is 1. The molecule has 28 heavy (non-hydrogen) atoms. The second-order valence-electron chi connectivity index (χ2n) is 7.87. The Morgan fingerprint density at radius 2 is 1.50 bits per heavy atom. The van der Waals surface area contributed by atoms with Crippen molar-refractivity contribution in [1.82, 2.24) is 23.3 Å². The number of aryl methyl sites for hydroxylation is 2. The predicted molar refractivity (Wildman–Crippen MR) is 108 cm³/mol. The third-order valence-corrected chi connectivity index (χ3v) is 8.09. The first-order valence-corrected chi connectivity index (χ1v) is 11.7. The SMILES string of the molecule is Cc1nn(C)c(C)c1CCC(=O)N1CCN(S(=O)(=O)N2CCCCCC2)CC1. The molecule has 1 aromatic heterocycles. The van der Waals surface area contributed by atoms with E-state index in [1.807, 2.05) is 25.6 Å². The summed E-state index contributed by atoms with van der Waals surface area (Å²) in [6.07, 6.45) is 5.19. The van der Waals surface area contributed by atoms with Gasteiger partial charge in [-0.2, -0.15) is 22.1 Å². The number of aromatic nitrogens is 2. The lowest BCUT2D eigenvalue weighted by Crippen LogP contribution is -2.54. The van der Waals surface area contributed by atoms with E-state index in [9.17, 15) is 13.2 Å². The Balaban J connectivity index is 1.52. The predicted octanol–water partition coefficient (Wildman–Crippen LogP) is 1.23. The Morgan fingerprint density at radius 1 is 0.929 bits per heavy atom. The van der Waals surface area contributed by atoms with Crippen LogP contribution in [0.1, 0.15) is 49.1 Å². The van der Waals surface area contributed by atoms with Gasteiger partial charge in [-0.1, -0.05) is 12.8 Å². The highest BCUT2D eigenvalue weighted by Gasteiger charge is 2.33. The highest BCUT2D eigenvalue weighted by molar-refractivity contribution is 7.86. The molecule has 1 aromatic rings. The maximum Gasteiger partial charge on any atom is 0.282 e. The Labute approximate surface area is 168 Å². The van der Waals surface area contributed by atoms with Crippen LogP contribution in [0.3, 0.4) is 0 Å². The molecule has 1 amide bonds. The van der Waals surface area contributed by atoms with Gasteiger partial charge < -0.3 is 4.90 Å². The van der Waals surface area contributed by atoms with Crippen molar-refractivity contribution in [2.24, 2.45) is 7.05 Å². The zero-order valence-electron chi connectivity index (χ0n) is 17.4. The number of rotatable bonds is 5. The number of hydrogen-bond acceptors (Lipinski definition) is 4. The van der Waals surface area contributed by atoms with Crippen molar-refractivity contribution in [3.8, 4) is 0 Å². The van der Waals surface area contributed by atoms with E-state index in [-0.39, 0.29) is 5.91 Å². The minimum Gasteiger partial charge on any atom is -0.340 e. The number of piperazine rings is 1. The van der Waals surface area contributed by atoms with Crippen molar-refractivity contribution in [3.05, 3.63) is 17.0 Å². The van der Waals surface area contributed by atoms with E-state index in [1.54, 1.807) is 13.5 Å². The highest BCUT2D eigenvalue weighted by atomic mass is 32.2. The Bertz CT molecular complexity index is 789. The van der Waals surface area contributed by atoms with Crippen LogP contribution in [0.15, 0.2) is 0 Å². The van der Waals surface area contributed by atoms with Crippen molar-refractivity contribution in [2.45, 2.75) is 52.4 Å². The van der Waals surface area contributed by atoms with Crippen LogP contribution in [0, 0.1) is 13.8 Å². The van der Waals surface area contributed by atoms with Gasteiger partial charge in [-0.3, -0.25) is 9.48 Å². The van der Waals surface area contributed by atoms with Gasteiger partial charge in [0.2, 0.25) is 5.91 Å². The van der Waals surface area contributed by atoms with Gasteiger partial charge in [-0.25, -0.2) is 0 Å². The summed E-state index contributed by atoms with van der Waals surface area (Å²) in [5.41, 5.74) is 3.21. The minimum atomic E-state index is -3.40. The topological polar surface area (TPSA) is 78.8 Å². The molecular weight excluding hydrogens is 378 g/mol. The summed E-state index contributed by atoms with van der Waals surface area (Å²) >= 11 is 0. The Hall–Kier alpha value is -1.45. The van der Waals surface area contributed by atoms with Gasteiger partial charge >= 0.3 is 0 Å². The Kier molecular flexibility index (Phi) is 6.77. The first-order chi connectivity index (χ1) is 13.3. The lowest BCUT2D eigenvalue weighted by atomic mass is 10.1. The molecule has 3 heterocycles.